The highest BCUT2D eigenvalue weighted by Crippen LogP contribution is 2.53. The Hall–Kier alpha value is -3.77. The fraction of sp³-hybridized carbons (Fsp3) is 0.407. The fourth-order valence-corrected chi connectivity index (χ4v) is 5.89. The molecule has 2 saturated carbocycles. The van der Waals surface area contributed by atoms with Crippen molar-refractivity contribution in [1.82, 2.24) is 25.3 Å². The number of hydrogen-bond donors (Lipinski definition) is 1. The summed E-state index contributed by atoms with van der Waals surface area (Å²) in [5.41, 5.74) is 3.47. The van der Waals surface area contributed by atoms with Crippen LogP contribution in [0.25, 0.3) is 0 Å². The fourth-order valence-electron chi connectivity index (χ4n) is 5.71. The normalized spacial score (nSPS) is 26.7. The Labute approximate surface area is 219 Å². The minimum absolute atomic E-state index is 0.00147. The summed E-state index contributed by atoms with van der Waals surface area (Å²) in [6, 6.07) is 9.25. The molecule has 188 valence electrons. The molecule has 0 bridgehead atoms. The van der Waals surface area contributed by atoms with Crippen LogP contribution in [0.2, 0.25) is 5.02 Å². The summed E-state index contributed by atoms with van der Waals surface area (Å²) >= 11 is 6.11. The zero-order valence-corrected chi connectivity index (χ0v) is 21.3. The highest BCUT2D eigenvalue weighted by Gasteiger charge is 2.59. The third-order valence-corrected chi connectivity index (χ3v) is 8.47. The lowest BCUT2D eigenvalue weighted by molar-refractivity contribution is -0.119. The van der Waals surface area contributed by atoms with E-state index in [-0.39, 0.29) is 41.4 Å². The number of fused-ring (bicyclic) bond motifs is 1. The van der Waals surface area contributed by atoms with E-state index in [4.69, 9.17) is 11.6 Å². The van der Waals surface area contributed by atoms with Gasteiger partial charge in [-0.15, -0.1) is 5.10 Å². The van der Waals surface area contributed by atoms with Gasteiger partial charge in [0.05, 0.1) is 35.8 Å². The zero-order valence-electron chi connectivity index (χ0n) is 20.5. The average molecular weight is 516 g/mol. The van der Waals surface area contributed by atoms with E-state index in [2.05, 4.69) is 33.6 Å². The summed E-state index contributed by atoms with van der Waals surface area (Å²) in [5, 5.41) is 21.2. The topological polar surface area (TPSA) is 117 Å². The van der Waals surface area contributed by atoms with Crippen LogP contribution in [0.3, 0.4) is 0 Å². The van der Waals surface area contributed by atoms with Gasteiger partial charge in [-0.25, -0.2) is 4.68 Å². The Morgan fingerprint density at radius 1 is 1.27 bits per heavy atom. The number of aromatic nitrogens is 4. The van der Waals surface area contributed by atoms with Crippen molar-refractivity contribution in [3.63, 3.8) is 0 Å². The molecular weight excluding hydrogens is 490 g/mol. The van der Waals surface area contributed by atoms with E-state index in [1.54, 1.807) is 35.4 Å². The quantitative estimate of drug-likeness (QED) is 0.535. The second-order valence-electron chi connectivity index (χ2n) is 10.4. The average Bonchev–Trinajstić information content (AvgIpc) is 3.20. The molecule has 1 saturated heterocycles. The maximum atomic E-state index is 12.8. The maximum absolute atomic E-state index is 12.8. The Morgan fingerprint density at radius 2 is 2.08 bits per heavy atom. The molecule has 2 aromatic heterocycles. The number of nitrogens with zero attached hydrogens (tertiary/aromatic N) is 6. The summed E-state index contributed by atoms with van der Waals surface area (Å²) in [7, 11) is 0. The molecule has 1 N–H and O–H groups in total. The molecule has 1 aliphatic heterocycles. The van der Waals surface area contributed by atoms with Crippen molar-refractivity contribution in [2.24, 2.45) is 17.8 Å². The number of rotatable bonds is 6. The number of carbonyl (C=O) groups excluding carboxylic acids is 2. The molecule has 0 radical (unpaired) electrons. The lowest BCUT2D eigenvalue weighted by atomic mass is 9.74. The zero-order chi connectivity index (χ0) is 25.8. The SMILES string of the molecule is CC1C2CN(c3cncc(C(C)n4cc(C(=O)NC5CC(c6cc(Cl)ccc6C#N)C5)nn4)c3)C(=O)C12. The molecule has 4 unspecified atom stereocenters. The first-order chi connectivity index (χ1) is 17.8. The van der Waals surface area contributed by atoms with E-state index in [0.29, 0.717) is 22.4 Å². The smallest absolute Gasteiger partial charge is 0.273 e. The molecule has 0 spiro atoms. The lowest BCUT2D eigenvalue weighted by Gasteiger charge is -2.36. The van der Waals surface area contributed by atoms with Crippen LogP contribution in [-0.4, -0.2) is 44.4 Å². The van der Waals surface area contributed by atoms with Gasteiger partial charge >= 0.3 is 0 Å². The van der Waals surface area contributed by atoms with Crippen molar-refractivity contribution in [3.8, 4) is 6.07 Å². The number of benzene rings is 1. The molecule has 2 amide bonds. The number of anilines is 1. The second-order valence-corrected chi connectivity index (χ2v) is 10.9. The number of piperidine rings is 1. The predicted molar refractivity (Wildman–Crippen MR) is 136 cm³/mol. The number of hydrogen-bond acceptors (Lipinski definition) is 6. The molecule has 10 heteroatoms. The Bertz CT molecular complexity index is 1440. The number of pyridine rings is 1. The van der Waals surface area contributed by atoms with Gasteiger partial charge in [-0.2, -0.15) is 5.26 Å². The van der Waals surface area contributed by atoms with E-state index in [1.165, 1.54) is 0 Å². The van der Waals surface area contributed by atoms with Crippen LogP contribution in [0.1, 0.15) is 65.8 Å². The van der Waals surface area contributed by atoms with E-state index >= 15 is 0 Å². The summed E-state index contributed by atoms with van der Waals surface area (Å²) in [6.45, 7) is 4.83. The summed E-state index contributed by atoms with van der Waals surface area (Å²) in [4.78, 5) is 31.7. The Morgan fingerprint density at radius 3 is 2.81 bits per heavy atom. The van der Waals surface area contributed by atoms with E-state index in [1.807, 2.05) is 24.0 Å². The third kappa shape index (κ3) is 4.15. The van der Waals surface area contributed by atoms with Crippen LogP contribution >= 0.6 is 11.6 Å². The molecule has 1 aromatic carbocycles. The van der Waals surface area contributed by atoms with Crippen molar-refractivity contribution < 1.29 is 9.59 Å². The molecule has 9 nitrogen and oxygen atoms in total. The Kier molecular flexibility index (Phi) is 5.72. The van der Waals surface area contributed by atoms with Crippen molar-refractivity contribution in [2.45, 2.75) is 44.7 Å². The molecule has 3 aromatic rings. The van der Waals surface area contributed by atoms with E-state index in [9.17, 15) is 14.9 Å². The molecule has 37 heavy (non-hydrogen) atoms. The van der Waals surface area contributed by atoms with Crippen molar-refractivity contribution in [3.05, 3.63) is 70.3 Å². The van der Waals surface area contributed by atoms with Crippen LogP contribution in [-0.2, 0) is 4.79 Å². The number of nitriles is 1. The van der Waals surface area contributed by atoms with Gasteiger partial charge in [0.1, 0.15) is 0 Å². The highest BCUT2D eigenvalue weighted by molar-refractivity contribution is 6.30. The number of halogens is 1. The van der Waals surface area contributed by atoms with Gasteiger partial charge in [0.2, 0.25) is 5.91 Å². The molecular formula is C27H26ClN7O2. The Balaban J connectivity index is 1.08. The largest absolute Gasteiger partial charge is 0.348 e. The van der Waals surface area contributed by atoms with Crippen molar-refractivity contribution in [1.29, 1.82) is 5.26 Å². The molecule has 4 atom stereocenters. The minimum Gasteiger partial charge on any atom is -0.348 e. The third-order valence-electron chi connectivity index (χ3n) is 8.23. The number of carbonyl (C=O) groups is 2. The molecule has 6 rings (SSSR count). The molecule has 2 aliphatic carbocycles. The van der Waals surface area contributed by atoms with Gasteiger partial charge in [0.25, 0.3) is 5.91 Å². The van der Waals surface area contributed by atoms with Gasteiger partial charge in [-0.1, -0.05) is 23.7 Å². The molecule has 3 aliphatic rings. The minimum atomic E-state index is -0.281. The summed E-state index contributed by atoms with van der Waals surface area (Å²) < 4.78 is 1.63. The van der Waals surface area contributed by atoms with Gasteiger partial charge in [-0.05, 0) is 72.9 Å². The number of amides is 2. The highest BCUT2D eigenvalue weighted by atomic mass is 35.5. The number of nitrogens with one attached hydrogen (secondary N) is 1. The lowest BCUT2D eigenvalue weighted by Crippen LogP contribution is -2.43. The van der Waals surface area contributed by atoms with Gasteiger partial charge in [0, 0.05) is 29.7 Å². The maximum Gasteiger partial charge on any atom is 0.273 e. The standard InChI is InChI=1S/C27H26ClN7O2/c1-14-23-12-34(27(37)25(14)23)21-7-18(10-30-11-21)15(2)35-13-24(32-33-35)26(36)31-20-5-17(6-20)22-8-19(28)4-3-16(22)9-29/h3-4,7-8,10-11,13-15,17,20,23,25H,5-6,12H2,1-2H3,(H,31,36). The van der Waals surface area contributed by atoms with Crippen LogP contribution in [0.4, 0.5) is 5.69 Å². The summed E-state index contributed by atoms with van der Waals surface area (Å²) in [6.07, 6.45) is 6.57. The predicted octanol–water partition coefficient (Wildman–Crippen LogP) is 3.71. The van der Waals surface area contributed by atoms with Gasteiger partial charge < -0.3 is 10.2 Å². The second kappa shape index (κ2) is 8.96. The van der Waals surface area contributed by atoms with Crippen LogP contribution < -0.4 is 10.2 Å². The molecule has 3 heterocycles. The first kappa shape index (κ1) is 23.6. The van der Waals surface area contributed by atoms with Crippen LogP contribution in [0.5, 0.6) is 0 Å². The van der Waals surface area contributed by atoms with Crippen molar-refractivity contribution >= 4 is 29.1 Å². The van der Waals surface area contributed by atoms with Crippen LogP contribution in [0, 0.1) is 29.1 Å². The summed E-state index contributed by atoms with van der Waals surface area (Å²) in [5.74, 6) is 1.18. The first-order valence-electron chi connectivity index (χ1n) is 12.5. The van der Waals surface area contributed by atoms with E-state index in [0.717, 1.165) is 36.2 Å². The van der Waals surface area contributed by atoms with Gasteiger partial charge in [-0.3, -0.25) is 14.6 Å². The monoisotopic (exact) mass is 515 g/mol. The molecule has 3 fully saturated rings. The van der Waals surface area contributed by atoms with Crippen molar-refractivity contribution in [2.75, 3.05) is 11.4 Å². The van der Waals surface area contributed by atoms with Gasteiger partial charge in [0.15, 0.2) is 5.69 Å². The van der Waals surface area contributed by atoms with Crippen LogP contribution in [0.15, 0.2) is 42.9 Å². The van der Waals surface area contributed by atoms with E-state index < -0.39 is 0 Å². The first-order valence-corrected chi connectivity index (χ1v) is 12.9.